The highest BCUT2D eigenvalue weighted by molar-refractivity contribution is 9.10. The normalized spacial score (nSPS) is 18.5. The van der Waals surface area contributed by atoms with E-state index < -0.39 is 18.6 Å². The number of methoxy groups -OCH3 is 1. The molecule has 118 valence electrons. The van der Waals surface area contributed by atoms with Gasteiger partial charge in [0.15, 0.2) is 0 Å². The van der Waals surface area contributed by atoms with Gasteiger partial charge in [0.25, 0.3) is 0 Å². The molecule has 3 nitrogen and oxygen atoms in total. The fraction of sp³-hybridized carbons (Fsp3) is 0.571. The molecule has 0 radical (unpaired) electrons. The molecule has 0 spiro atoms. The second kappa shape index (κ2) is 6.98. The second-order valence-electron chi connectivity index (χ2n) is 5.01. The van der Waals surface area contributed by atoms with E-state index in [1.54, 1.807) is 18.2 Å². The quantitative estimate of drug-likeness (QED) is 0.884. The standard InChI is InChI=1S/C14H18BrF3N2O/c1-21-10-2-3-12(15)11(8-10)13(9-14(16,17)18)20-6-4-19-5-7-20/h2-3,8,13,19H,4-7,9H2,1H3/t13-/m0/s1. The summed E-state index contributed by atoms with van der Waals surface area (Å²) in [6.07, 6.45) is -5.07. The molecule has 0 amide bonds. The summed E-state index contributed by atoms with van der Waals surface area (Å²) >= 11 is 3.37. The Balaban J connectivity index is 2.33. The number of nitrogens with zero attached hydrogens (tertiary/aromatic N) is 1. The van der Waals surface area contributed by atoms with Gasteiger partial charge in [0.2, 0.25) is 0 Å². The summed E-state index contributed by atoms with van der Waals surface area (Å²) in [6, 6.07) is 4.45. The molecule has 1 atom stereocenters. The van der Waals surface area contributed by atoms with Crippen molar-refractivity contribution in [2.75, 3.05) is 33.3 Å². The van der Waals surface area contributed by atoms with Gasteiger partial charge >= 0.3 is 6.18 Å². The summed E-state index contributed by atoms with van der Waals surface area (Å²) in [7, 11) is 1.51. The van der Waals surface area contributed by atoms with Crippen molar-refractivity contribution in [3.63, 3.8) is 0 Å². The number of hydrogen-bond donors (Lipinski definition) is 1. The van der Waals surface area contributed by atoms with Crippen LogP contribution in [0.2, 0.25) is 0 Å². The molecule has 7 heteroatoms. The van der Waals surface area contributed by atoms with Crippen LogP contribution in [0.15, 0.2) is 22.7 Å². The lowest BCUT2D eigenvalue weighted by Gasteiger charge is -2.36. The molecule has 1 N–H and O–H groups in total. The zero-order valence-electron chi connectivity index (χ0n) is 11.7. The number of ether oxygens (including phenoxy) is 1. The maximum absolute atomic E-state index is 13.0. The maximum Gasteiger partial charge on any atom is 0.390 e. The molecule has 0 saturated carbocycles. The molecule has 0 aromatic heterocycles. The number of piperazine rings is 1. The first-order chi connectivity index (χ1) is 9.90. The monoisotopic (exact) mass is 366 g/mol. The van der Waals surface area contributed by atoms with Crippen molar-refractivity contribution >= 4 is 15.9 Å². The van der Waals surface area contributed by atoms with Crippen LogP contribution in [0.1, 0.15) is 18.0 Å². The third-order valence-corrected chi connectivity index (χ3v) is 4.30. The summed E-state index contributed by atoms with van der Waals surface area (Å²) in [4.78, 5) is 1.88. The van der Waals surface area contributed by atoms with Gasteiger partial charge in [-0.15, -0.1) is 0 Å². The Kier molecular flexibility index (Phi) is 5.51. The molecular weight excluding hydrogens is 349 g/mol. The lowest BCUT2D eigenvalue weighted by atomic mass is 10.0. The molecule has 0 bridgehead atoms. The van der Waals surface area contributed by atoms with Crippen molar-refractivity contribution in [3.8, 4) is 5.75 Å². The fourth-order valence-corrected chi connectivity index (χ4v) is 3.06. The maximum atomic E-state index is 13.0. The average molecular weight is 367 g/mol. The molecule has 21 heavy (non-hydrogen) atoms. The molecule has 1 saturated heterocycles. The predicted octanol–water partition coefficient (Wildman–Crippen LogP) is 3.36. The van der Waals surface area contributed by atoms with Crippen LogP contribution < -0.4 is 10.1 Å². The lowest BCUT2D eigenvalue weighted by Crippen LogP contribution is -2.46. The number of hydrogen-bond acceptors (Lipinski definition) is 3. The first kappa shape index (κ1) is 16.6. The van der Waals surface area contributed by atoms with Crippen LogP contribution in [0, 0.1) is 0 Å². The Morgan fingerprint density at radius 2 is 2.00 bits per heavy atom. The van der Waals surface area contributed by atoms with Crippen LogP contribution in [0.4, 0.5) is 13.2 Å². The molecule has 0 unspecified atom stereocenters. The fourth-order valence-electron chi connectivity index (χ4n) is 2.55. The lowest BCUT2D eigenvalue weighted by molar-refractivity contribution is -0.148. The van der Waals surface area contributed by atoms with E-state index in [0.717, 1.165) is 0 Å². The molecule has 1 aliphatic rings. The molecule has 1 aromatic carbocycles. The molecule has 2 rings (SSSR count). The Bertz CT molecular complexity index is 476. The molecule has 1 heterocycles. The van der Waals surface area contributed by atoms with E-state index in [1.165, 1.54) is 7.11 Å². The van der Waals surface area contributed by atoms with E-state index in [1.807, 2.05) is 4.90 Å². The minimum atomic E-state index is -4.21. The summed E-state index contributed by atoms with van der Waals surface area (Å²) in [6.45, 7) is 2.61. The van der Waals surface area contributed by atoms with Crippen molar-refractivity contribution in [2.24, 2.45) is 0 Å². The van der Waals surface area contributed by atoms with Crippen LogP contribution in [0.3, 0.4) is 0 Å². The molecular formula is C14H18BrF3N2O. The highest BCUT2D eigenvalue weighted by Crippen LogP contribution is 2.38. The van der Waals surface area contributed by atoms with Crippen LogP contribution >= 0.6 is 15.9 Å². The minimum absolute atomic E-state index is 0.565. The SMILES string of the molecule is COc1ccc(Br)c([C@H](CC(F)(F)F)N2CCNCC2)c1. The second-order valence-corrected chi connectivity index (χ2v) is 5.86. The van der Waals surface area contributed by atoms with E-state index in [4.69, 9.17) is 4.74 Å². The Labute approximate surface area is 130 Å². The van der Waals surface area contributed by atoms with E-state index >= 15 is 0 Å². The van der Waals surface area contributed by atoms with Gasteiger partial charge in [0.1, 0.15) is 5.75 Å². The van der Waals surface area contributed by atoms with Gasteiger partial charge < -0.3 is 10.1 Å². The van der Waals surface area contributed by atoms with Crippen LogP contribution in [0.25, 0.3) is 0 Å². The molecule has 1 aliphatic heterocycles. The highest BCUT2D eigenvalue weighted by atomic mass is 79.9. The number of benzene rings is 1. The number of alkyl halides is 3. The third-order valence-electron chi connectivity index (χ3n) is 3.58. The summed E-state index contributed by atoms with van der Waals surface area (Å²) in [5.74, 6) is 0.565. The highest BCUT2D eigenvalue weighted by Gasteiger charge is 2.36. The van der Waals surface area contributed by atoms with Crippen molar-refractivity contribution in [2.45, 2.75) is 18.6 Å². The van der Waals surface area contributed by atoms with Crippen LogP contribution in [-0.4, -0.2) is 44.4 Å². The number of halogens is 4. The largest absolute Gasteiger partial charge is 0.497 e. The van der Waals surface area contributed by atoms with E-state index in [0.29, 0.717) is 42.0 Å². The Hall–Kier alpha value is -0.790. The van der Waals surface area contributed by atoms with Crippen molar-refractivity contribution in [1.82, 2.24) is 10.2 Å². The van der Waals surface area contributed by atoms with Crippen molar-refractivity contribution in [3.05, 3.63) is 28.2 Å². The average Bonchev–Trinajstić information content (AvgIpc) is 2.45. The minimum Gasteiger partial charge on any atom is -0.497 e. The molecule has 0 aliphatic carbocycles. The van der Waals surface area contributed by atoms with Gasteiger partial charge in [-0.1, -0.05) is 15.9 Å². The summed E-state index contributed by atoms with van der Waals surface area (Å²) in [5.41, 5.74) is 0.619. The first-order valence-corrected chi connectivity index (χ1v) is 7.55. The zero-order chi connectivity index (χ0) is 15.5. The zero-order valence-corrected chi connectivity index (χ0v) is 13.3. The third kappa shape index (κ3) is 4.59. The summed E-state index contributed by atoms with van der Waals surface area (Å²) < 4.78 is 44.7. The topological polar surface area (TPSA) is 24.5 Å². The van der Waals surface area contributed by atoms with Gasteiger partial charge in [-0.3, -0.25) is 4.90 Å². The first-order valence-electron chi connectivity index (χ1n) is 6.75. The molecule has 1 aromatic rings. The summed E-state index contributed by atoms with van der Waals surface area (Å²) in [5, 5.41) is 3.16. The van der Waals surface area contributed by atoms with E-state index in [-0.39, 0.29) is 0 Å². The number of rotatable bonds is 4. The van der Waals surface area contributed by atoms with Gasteiger partial charge in [-0.25, -0.2) is 0 Å². The smallest absolute Gasteiger partial charge is 0.390 e. The van der Waals surface area contributed by atoms with Gasteiger partial charge in [-0.05, 0) is 23.8 Å². The predicted molar refractivity (Wildman–Crippen MR) is 78.5 cm³/mol. The van der Waals surface area contributed by atoms with Gasteiger partial charge in [0.05, 0.1) is 13.5 Å². The van der Waals surface area contributed by atoms with Gasteiger partial charge in [0, 0.05) is 36.7 Å². The van der Waals surface area contributed by atoms with E-state index in [2.05, 4.69) is 21.2 Å². The van der Waals surface area contributed by atoms with E-state index in [9.17, 15) is 13.2 Å². The van der Waals surface area contributed by atoms with Crippen LogP contribution in [-0.2, 0) is 0 Å². The van der Waals surface area contributed by atoms with Crippen molar-refractivity contribution < 1.29 is 17.9 Å². The van der Waals surface area contributed by atoms with Gasteiger partial charge in [-0.2, -0.15) is 13.2 Å². The van der Waals surface area contributed by atoms with Crippen LogP contribution in [0.5, 0.6) is 5.75 Å². The Morgan fingerprint density at radius 1 is 1.33 bits per heavy atom. The Morgan fingerprint density at radius 3 is 2.57 bits per heavy atom. The van der Waals surface area contributed by atoms with Crippen molar-refractivity contribution in [1.29, 1.82) is 0 Å². The number of nitrogens with one attached hydrogen (secondary N) is 1. The molecule has 1 fully saturated rings.